The molecule has 0 aliphatic carbocycles. The molecule has 0 amide bonds. The molecule has 1 aliphatic heterocycles. The molecule has 1 saturated heterocycles. The van der Waals surface area contributed by atoms with Gasteiger partial charge in [0.15, 0.2) is 5.75 Å². The predicted octanol–water partition coefficient (Wildman–Crippen LogP) is 1.48. The van der Waals surface area contributed by atoms with Gasteiger partial charge in [-0.1, -0.05) is 0 Å². The summed E-state index contributed by atoms with van der Waals surface area (Å²) >= 11 is 0. The summed E-state index contributed by atoms with van der Waals surface area (Å²) < 4.78 is 18.3. The molecule has 2 heterocycles. The third-order valence-electron chi connectivity index (χ3n) is 2.76. The molecule has 1 atom stereocenters. The van der Waals surface area contributed by atoms with Crippen molar-refractivity contribution in [1.29, 1.82) is 0 Å². The van der Waals surface area contributed by atoms with E-state index >= 15 is 0 Å². The summed E-state index contributed by atoms with van der Waals surface area (Å²) in [6, 6.07) is 0. The highest BCUT2D eigenvalue weighted by Gasteiger charge is 2.14. The van der Waals surface area contributed by atoms with Gasteiger partial charge in [-0.25, -0.2) is 0 Å². The van der Waals surface area contributed by atoms with Crippen LogP contribution in [-0.2, 0) is 16.0 Å². The second-order valence-corrected chi connectivity index (χ2v) is 4.09. The van der Waals surface area contributed by atoms with Crippen molar-refractivity contribution in [3.63, 3.8) is 0 Å². The summed E-state index contributed by atoms with van der Waals surface area (Å²) in [5.41, 5.74) is 0. The van der Waals surface area contributed by atoms with Crippen LogP contribution in [0.3, 0.4) is 0 Å². The Morgan fingerprint density at radius 1 is 1.53 bits per heavy atom. The van der Waals surface area contributed by atoms with Gasteiger partial charge in [-0.3, -0.25) is 4.68 Å². The maximum Gasteiger partial charge on any atom is 0.157 e. The Hall–Kier alpha value is -1.07. The van der Waals surface area contributed by atoms with E-state index < -0.39 is 0 Å². The summed E-state index contributed by atoms with van der Waals surface area (Å²) in [6.45, 7) is 5.61. The van der Waals surface area contributed by atoms with E-state index in [0.717, 1.165) is 31.7 Å². The number of hydrogen-bond acceptors (Lipinski definition) is 4. The van der Waals surface area contributed by atoms with Crippen LogP contribution in [-0.4, -0.2) is 42.3 Å². The number of rotatable bonds is 7. The Bertz CT molecular complexity index is 321. The van der Waals surface area contributed by atoms with Crippen molar-refractivity contribution in [3.05, 3.63) is 12.4 Å². The van der Waals surface area contributed by atoms with Crippen molar-refractivity contribution in [2.45, 2.75) is 32.4 Å². The molecule has 1 aliphatic rings. The minimum absolute atomic E-state index is 0.290. The van der Waals surface area contributed by atoms with Crippen LogP contribution in [0.1, 0.15) is 19.8 Å². The average Bonchev–Trinajstić information content (AvgIpc) is 2.99. The zero-order valence-electron chi connectivity index (χ0n) is 10.3. The van der Waals surface area contributed by atoms with Crippen LogP contribution in [0.5, 0.6) is 5.75 Å². The smallest absolute Gasteiger partial charge is 0.157 e. The van der Waals surface area contributed by atoms with Crippen molar-refractivity contribution in [2.75, 3.05) is 26.4 Å². The minimum atomic E-state index is 0.290. The van der Waals surface area contributed by atoms with Gasteiger partial charge in [0.25, 0.3) is 0 Å². The Morgan fingerprint density at radius 3 is 3.18 bits per heavy atom. The van der Waals surface area contributed by atoms with Crippen molar-refractivity contribution in [3.8, 4) is 5.75 Å². The van der Waals surface area contributed by atoms with Crippen LogP contribution in [0, 0.1) is 0 Å². The monoisotopic (exact) mass is 240 g/mol. The van der Waals surface area contributed by atoms with E-state index in [0.29, 0.717) is 19.8 Å². The van der Waals surface area contributed by atoms with E-state index in [9.17, 15) is 0 Å². The molecular weight excluding hydrogens is 220 g/mol. The standard InChI is InChI=1S/C12H20N2O3/c1-2-14-9-12(8-13-14)17-7-6-15-10-11-4-3-5-16-11/h8-9,11H,2-7,10H2,1H3/t11-/m1/s1. The minimum Gasteiger partial charge on any atom is -0.488 e. The lowest BCUT2D eigenvalue weighted by Crippen LogP contribution is -2.17. The molecule has 96 valence electrons. The molecule has 0 saturated carbocycles. The summed E-state index contributed by atoms with van der Waals surface area (Å²) in [5.74, 6) is 0.799. The lowest BCUT2D eigenvalue weighted by molar-refractivity contribution is 0.00852. The fourth-order valence-corrected chi connectivity index (χ4v) is 1.80. The topological polar surface area (TPSA) is 45.5 Å². The molecule has 0 aromatic carbocycles. The molecule has 1 aromatic rings. The van der Waals surface area contributed by atoms with Crippen molar-refractivity contribution >= 4 is 0 Å². The van der Waals surface area contributed by atoms with Gasteiger partial charge < -0.3 is 14.2 Å². The SMILES string of the molecule is CCn1cc(OCCOC[C@H]2CCCO2)cn1. The first-order valence-corrected chi connectivity index (χ1v) is 6.23. The van der Waals surface area contributed by atoms with Crippen LogP contribution in [0.4, 0.5) is 0 Å². The van der Waals surface area contributed by atoms with Gasteiger partial charge in [-0.15, -0.1) is 0 Å². The zero-order chi connectivity index (χ0) is 11.9. The maximum absolute atomic E-state index is 5.50. The quantitative estimate of drug-likeness (QED) is 0.677. The normalized spacial score (nSPS) is 19.7. The molecule has 0 bridgehead atoms. The van der Waals surface area contributed by atoms with Gasteiger partial charge in [-0.05, 0) is 19.8 Å². The van der Waals surface area contributed by atoms with Crippen LogP contribution in [0.25, 0.3) is 0 Å². The van der Waals surface area contributed by atoms with E-state index in [1.807, 2.05) is 17.8 Å². The lowest BCUT2D eigenvalue weighted by Gasteiger charge is -2.10. The number of ether oxygens (including phenoxy) is 3. The molecule has 17 heavy (non-hydrogen) atoms. The highest BCUT2D eigenvalue weighted by Crippen LogP contribution is 2.12. The number of aromatic nitrogens is 2. The Balaban J connectivity index is 1.53. The van der Waals surface area contributed by atoms with Gasteiger partial charge in [0.2, 0.25) is 0 Å². The predicted molar refractivity (Wildman–Crippen MR) is 63.2 cm³/mol. The molecular formula is C12H20N2O3. The third kappa shape index (κ3) is 4.02. The third-order valence-corrected chi connectivity index (χ3v) is 2.76. The molecule has 0 N–H and O–H groups in total. The molecule has 1 aromatic heterocycles. The van der Waals surface area contributed by atoms with Gasteiger partial charge >= 0.3 is 0 Å². The average molecular weight is 240 g/mol. The molecule has 5 heteroatoms. The zero-order valence-corrected chi connectivity index (χ0v) is 10.3. The number of aryl methyl sites for hydroxylation is 1. The highest BCUT2D eigenvalue weighted by molar-refractivity contribution is 5.11. The Kier molecular flexibility index (Phi) is 4.82. The van der Waals surface area contributed by atoms with Crippen LogP contribution >= 0.6 is 0 Å². The van der Waals surface area contributed by atoms with Crippen LogP contribution in [0.2, 0.25) is 0 Å². The van der Waals surface area contributed by atoms with Crippen molar-refractivity contribution in [2.24, 2.45) is 0 Å². The van der Waals surface area contributed by atoms with Crippen molar-refractivity contribution in [1.82, 2.24) is 9.78 Å². The molecule has 0 unspecified atom stereocenters. The van der Waals surface area contributed by atoms with Crippen molar-refractivity contribution < 1.29 is 14.2 Å². The fourth-order valence-electron chi connectivity index (χ4n) is 1.80. The summed E-state index contributed by atoms with van der Waals surface area (Å²) in [5, 5.41) is 4.13. The first-order valence-electron chi connectivity index (χ1n) is 6.23. The Labute approximate surface area is 102 Å². The van der Waals surface area contributed by atoms with Gasteiger partial charge in [0, 0.05) is 13.2 Å². The van der Waals surface area contributed by atoms with Gasteiger partial charge in [0.1, 0.15) is 6.61 Å². The Morgan fingerprint density at radius 2 is 2.47 bits per heavy atom. The van der Waals surface area contributed by atoms with Crippen LogP contribution in [0.15, 0.2) is 12.4 Å². The summed E-state index contributed by atoms with van der Waals surface area (Å²) in [7, 11) is 0. The fraction of sp³-hybridized carbons (Fsp3) is 0.750. The highest BCUT2D eigenvalue weighted by atomic mass is 16.5. The van der Waals surface area contributed by atoms with E-state index in [-0.39, 0.29) is 6.10 Å². The second-order valence-electron chi connectivity index (χ2n) is 4.09. The second kappa shape index (κ2) is 6.61. The maximum atomic E-state index is 5.50. The first kappa shape index (κ1) is 12.4. The molecule has 5 nitrogen and oxygen atoms in total. The van der Waals surface area contributed by atoms with E-state index in [1.54, 1.807) is 6.20 Å². The van der Waals surface area contributed by atoms with E-state index in [2.05, 4.69) is 5.10 Å². The molecule has 1 fully saturated rings. The summed E-state index contributed by atoms with van der Waals surface area (Å²) in [6.07, 6.45) is 6.17. The summed E-state index contributed by atoms with van der Waals surface area (Å²) in [4.78, 5) is 0. The number of nitrogens with zero attached hydrogens (tertiary/aromatic N) is 2. The first-order chi connectivity index (χ1) is 8.38. The molecule has 2 rings (SSSR count). The largest absolute Gasteiger partial charge is 0.488 e. The lowest BCUT2D eigenvalue weighted by atomic mass is 10.2. The van der Waals surface area contributed by atoms with Gasteiger partial charge in [-0.2, -0.15) is 5.10 Å². The van der Waals surface area contributed by atoms with E-state index in [4.69, 9.17) is 14.2 Å². The van der Waals surface area contributed by atoms with Gasteiger partial charge in [0.05, 0.1) is 31.7 Å². The molecule has 0 spiro atoms. The van der Waals surface area contributed by atoms with Crippen LogP contribution < -0.4 is 4.74 Å². The molecule has 0 radical (unpaired) electrons. The van der Waals surface area contributed by atoms with E-state index in [1.165, 1.54) is 0 Å². The number of hydrogen-bond donors (Lipinski definition) is 0.